The first-order chi connectivity index (χ1) is 11.1. The van der Waals surface area contributed by atoms with Gasteiger partial charge >= 0.3 is 5.97 Å². The lowest BCUT2D eigenvalue weighted by Crippen LogP contribution is -2.12. The number of rotatable bonds is 6. The minimum atomic E-state index is -1.04. The number of allylic oxidation sites excluding steroid dienone is 5. The highest BCUT2D eigenvalue weighted by atomic mass is 19.1. The maximum atomic E-state index is 14.4. The smallest absolute Gasteiger partial charge is 0.328 e. The van der Waals surface area contributed by atoms with Crippen LogP contribution in [0.5, 0.6) is 0 Å². The van der Waals surface area contributed by atoms with Crippen molar-refractivity contribution >= 4 is 17.2 Å². The number of aliphatic carboxylic acids is 1. The van der Waals surface area contributed by atoms with Crippen molar-refractivity contribution in [1.82, 2.24) is 0 Å². The molecule has 0 unspecified atom stereocenters. The van der Waals surface area contributed by atoms with E-state index in [4.69, 9.17) is 5.11 Å². The molecule has 0 aromatic heterocycles. The average molecular weight is 331 g/mol. The number of nitrogens with zero attached hydrogens (tertiary/aromatic N) is 1. The van der Waals surface area contributed by atoms with Crippen LogP contribution in [0.2, 0.25) is 0 Å². The van der Waals surface area contributed by atoms with Crippen LogP contribution in [0.25, 0.3) is 5.57 Å². The van der Waals surface area contributed by atoms with E-state index in [9.17, 15) is 9.18 Å². The predicted octanol–water partition coefficient (Wildman–Crippen LogP) is 5.16. The van der Waals surface area contributed by atoms with Gasteiger partial charge in [-0.25, -0.2) is 9.18 Å². The Morgan fingerprint density at radius 3 is 2.33 bits per heavy atom. The summed E-state index contributed by atoms with van der Waals surface area (Å²) in [7, 11) is 3.98. The number of hydrogen-bond acceptors (Lipinski definition) is 2. The lowest BCUT2D eigenvalue weighted by molar-refractivity contribution is -0.131. The lowest BCUT2D eigenvalue weighted by Gasteiger charge is -2.21. The van der Waals surface area contributed by atoms with Crippen LogP contribution in [0.15, 0.2) is 47.8 Å². The number of anilines is 1. The number of carboxylic acids is 1. The zero-order valence-electron chi connectivity index (χ0n) is 15.2. The van der Waals surface area contributed by atoms with Gasteiger partial charge in [0, 0.05) is 25.9 Å². The molecule has 3 nitrogen and oxygen atoms in total. The van der Waals surface area contributed by atoms with Crippen LogP contribution in [0, 0.1) is 0 Å². The van der Waals surface area contributed by atoms with Gasteiger partial charge in [-0.15, -0.1) is 0 Å². The molecule has 0 aliphatic carbocycles. The zero-order chi connectivity index (χ0) is 18.4. The molecule has 1 N–H and O–H groups in total. The molecule has 0 amide bonds. The Balaban J connectivity index is 3.22. The Hall–Kier alpha value is -2.36. The molecule has 1 aromatic rings. The van der Waals surface area contributed by atoms with Crippen molar-refractivity contribution in [1.29, 1.82) is 0 Å². The first kappa shape index (κ1) is 19.7. The normalized spacial score (nSPS) is 13.4. The van der Waals surface area contributed by atoms with Crippen LogP contribution >= 0.6 is 0 Å². The molecule has 130 valence electrons. The van der Waals surface area contributed by atoms with E-state index in [1.807, 2.05) is 32.3 Å². The summed E-state index contributed by atoms with van der Waals surface area (Å²) in [6, 6.07) is 5.92. The fraction of sp³-hybridized carbons (Fsp3) is 0.350. The Kier molecular flexibility index (Phi) is 6.96. The van der Waals surface area contributed by atoms with Gasteiger partial charge in [-0.2, -0.15) is 0 Å². The van der Waals surface area contributed by atoms with Crippen LogP contribution in [0.4, 0.5) is 10.1 Å². The molecule has 0 bridgehead atoms. The molecular weight excluding hydrogens is 305 g/mol. The standard InChI is InChI=1S/C20H26FNO2/c1-13(2)17-12-16(8-10-19(17)22(5)6)15(4)18(21)9-7-14(3)11-20(23)24/h7-13H,1-6H3,(H,23,24). The van der Waals surface area contributed by atoms with Gasteiger partial charge in [0.1, 0.15) is 5.83 Å². The molecule has 24 heavy (non-hydrogen) atoms. The number of carbonyl (C=O) groups is 1. The molecule has 0 aliphatic heterocycles. The predicted molar refractivity (Wildman–Crippen MR) is 99.1 cm³/mol. The van der Waals surface area contributed by atoms with Crippen LogP contribution in [-0.4, -0.2) is 25.2 Å². The monoisotopic (exact) mass is 331 g/mol. The molecule has 1 rings (SSSR count). The van der Waals surface area contributed by atoms with E-state index in [0.717, 1.165) is 22.9 Å². The highest BCUT2D eigenvalue weighted by molar-refractivity contribution is 5.81. The minimum absolute atomic E-state index is 0.328. The highest BCUT2D eigenvalue weighted by Gasteiger charge is 2.11. The SMILES string of the molecule is CC(C=CC(F)=C(C)c1ccc(N(C)C)c(C(C)C)c1)=CC(=O)O. The quantitative estimate of drug-likeness (QED) is 0.578. The van der Waals surface area contributed by atoms with Crippen LogP contribution in [0.3, 0.4) is 0 Å². The summed E-state index contributed by atoms with van der Waals surface area (Å²) in [6.45, 7) is 7.57. The number of hydrogen-bond donors (Lipinski definition) is 1. The van der Waals surface area contributed by atoms with Gasteiger partial charge in [0.2, 0.25) is 0 Å². The van der Waals surface area contributed by atoms with Crippen molar-refractivity contribution in [3.05, 3.63) is 59.0 Å². The Bertz CT molecular complexity index is 698. The van der Waals surface area contributed by atoms with Gasteiger partial charge in [-0.05, 0) is 60.2 Å². The summed E-state index contributed by atoms with van der Waals surface area (Å²) in [5.74, 6) is -1.09. The molecule has 0 heterocycles. The maximum absolute atomic E-state index is 14.4. The fourth-order valence-electron chi connectivity index (χ4n) is 2.37. The van der Waals surface area contributed by atoms with Crippen molar-refractivity contribution in [3.63, 3.8) is 0 Å². The van der Waals surface area contributed by atoms with Crippen molar-refractivity contribution < 1.29 is 14.3 Å². The van der Waals surface area contributed by atoms with Crippen LogP contribution < -0.4 is 4.90 Å². The first-order valence-corrected chi connectivity index (χ1v) is 7.90. The van der Waals surface area contributed by atoms with Gasteiger partial charge in [-0.3, -0.25) is 0 Å². The third kappa shape index (κ3) is 5.37. The third-order valence-electron chi connectivity index (χ3n) is 3.77. The van der Waals surface area contributed by atoms with E-state index in [0.29, 0.717) is 17.1 Å². The van der Waals surface area contributed by atoms with E-state index >= 15 is 0 Å². The molecule has 0 saturated heterocycles. The average Bonchev–Trinajstić information content (AvgIpc) is 2.50. The number of halogens is 1. The molecular formula is C20H26FNO2. The van der Waals surface area contributed by atoms with Crippen LogP contribution in [-0.2, 0) is 4.79 Å². The summed E-state index contributed by atoms with van der Waals surface area (Å²) in [6.07, 6.45) is 3.81. The highest BCUT2D eigenvalue weighted by Crippen LogP contribution is 2.31. The van der Waals surface area contributed by atoms with Crippen LogP contribution in [0.1, 0.15) is 44.7 Å². The van der Waals surface area contributed by atoms with Crippen molar-refractivity contribution in [2.24, 2.45) is 0 Å². The van der Waals surface area contributed by atoms with Gasteiger partial charge in [0.25, 0.3) is 0 Å². The van der Waals surface area contributed by atoms with Gasteiger partial charge < -0.3 is 10.0 Å². The van der Waals surface area contributed by atoms with E-state index in [-0.39, 0.29) is 5.83 Å². The Labute approximate surface area is 143 Å². The molecule has 0 fully saturated rings. The minimum Gasteiger partial charge on any atom is -0.478 e. The summed E-state index contributed by atoms with van der Waals surface area (Å²) in [5, 5.41) is 8.67. The van der Waals surface area contributed by atoms with E-state index in [1.165, 1.54) is 12.2 Å². The summed E-state index contributed by atoms with van der Waals surface area (Å²) in [5.41, 5.74) is 4.12. The van der Waals surface area contributed by atoms with Gasteiger partial charge in [0.05, 0.1) is 0 Å². The molecule has 0 aliphatic rings. The summed E-state index contributed by atoms with van der Waals surface area (Å²) < 4.78 is 14.4. The molecule has 0 atom stereocenters. The Morgan fingerprint density at radius 2 is 1.83 bits per heavy atom. The maximum Gasteiger partial charge on any atom is 0.328 e. The molecule has 0 radical (unpaired) electrons. The zero-order valence-corrected chi connectivity index (χ0v) is 15.2. The molecule has 0 saturated carbocycles. The molecule has 0 spiro atoms. The lowest BCUT2D eigenvalue weighted by atomic mass is 9.95. The Morgan fingerprint density at radius 1 is 1.21 bits per heavy atom. The second kappa shape index (κ2) is 8.48. The number of benzene rings is 1. The van der Waals surface area contributed by atoms with Crippen molar-refractivity contribution in [3.8, 4) is 0 Å². The largest absolute Gasteiger partial charge is 0.478 e. The van der Waals surface area contributed by atoms with Crippen molar-refractivity contribution in [2.45, 2.75) is 33.6 Å². The summed E-state index contributed by atoms with van der Waals surface area (Å²) in [4.78, 5) is 12.6. The van der Waals surface area contributed by atoms with E-state index in [1.54, 1.807) is 13.8 Å². The van der Waals surface area contributed by atoms with Gasteiger partial charge in [-0.1, -0.05) is 26.0 Å². The first-order valence-electron chi connectivity index (χ1n) is 7.90. The third-order valence-corrected chi connectivity index (χ3v) is 3.77. The van der Waals surface area contributed by atoms with Crippen molar-refractivity contribution in [2.75, 3.05) is 19.0 Å². The van der Waals surface area contributed by atoms with E-state index < -0.39 is 5.97 Å². The van der Waals surface area contributed by atoms with Gasteiger partial charge in [0.15, 0.2) is 0 Å². The summed E-state index contributed by atoms with van der Waals surface area (Å²) >= 11 is 0. The second-order valence-corrected chi connectivity index (χ2v) is 6.36. The molecule has 1 aromatic carbocycles. The topological polar surface area (TPSA) is 40.5 Å². The van der Waals surface area contributed by atoms with E-state index in [2.05, 4.69) is 18.7 Å². The second-order valence-electron chi connectivity index (χ2n) is 6.36. The molecule has 4 heteroatoms. The fourth-order valence-corrected chi connectivity index (χ4v) is 2.37. The number of carboxylic acid groups (broad SMARTS) is 1.